The van der Waals surface area contributed by atoms with Gasteiger partial charge >= 0.3 is 0 Å². The maximum absolute atomic E-state index is 10.8. The molecule has 0 aliphatic rings. The molecule has 2 unspecified atom stereocenters. The Morgan fingerprint density at radius 3 is 2.05 bits per heavy atom. The molecule has 0 fully saturated rings. The van der Waals surface area contributed by atoms with Gasteiger partial charge in [-0.3, -0.25) is 0 Å². The van der Waals surface area contributed by atoms with E-state index in [-0.39, 0.29) is 5.92 Å². The summed E-state index contributed by atoms with van der Waals surface area (Å²) in [6, 6.07) is 14.2. The van der Waals surface area contributed by atoms with Crippen LogP contribution >= 0.6 is 0 Å². The van der Waals surface area contributed by atoms with E-state index in [0.29, 0.717) is 6.54 Å². The molecule has 0 spiro atoms. The molecule has 2 aromatic rings. The van der Waals surface area contributed by atoms with Crippen molar-refractivity contribution in [1.29, 1.82) is 0 Å². The van der Waals surface area contributed by atoms with Crippen molar-refractivity contribution in [3.63, 3.8) is 0 Å². The standard InChI is InChI=1S/C18H23NO/c1-12-9-13(2)17(14(3)10-12)18(20)16(11-19)15-7-5-4-6-8-15/h4-10,16,18,20H,11,19H2,1-3H3. The van der Waals surface area contributed by atoms with Crippen molar-refractivity contribution in [3.8, 4) is 0 Å². The molecule has 2 heteroatoms. The smallest absolute Gasteiger partial charge is 0.0875 e. The van der Waals surface area contributed by atoms with Gasteiger partial charge < -0.3 is 10.8 Å². The lowest BCUT2D eigenvalue weighted by atomic mass is 9.85. The molecule has 0 radical (unpaired) electrons. The van der Waals surface area contributed by atoms with Crippen molar-refractivity contribution >= 4 is 0 Å². The fourth-order valence-corrected chi connectivity index (χ4v) is 3.01. The van der Waals surface area contributed by atoms with Crippen molar-refractivity contribution in [2.75, 3.05) is 6.54 Å². The highest BCUT2D eigenvalue weighted by Crippen LogP contribution is 2.34. The molecule has 0 heterocycles. The molecule has 106 valence electrons. The molecule has 2 nitrogen and oxygen atoms in total. The Labute approximate surface area is 121 Å². The van der Waals surface area contributed by atoms with Crippen LogP contribution in [0.1, 0.15) is 39.8 Å². The number of aryl methyl sites for hydroxylation is 3. The van der Waals surface area contributed by atoms with E-state index in [9.17, 15) is 5.11 Å². The minimum atomic E-state index is -0.567. The molecule has 0 saturated carbocycles. The Morgan fingerprint density at radius 2 is 1.55 bits per heavy atom. The highest BCUT2D eigenvalue weighted by Gasteiger charge is 2.24. The first kappa shape index (κ1) is 14.8. The Kier molecular flexibility index (Phi) is 4.58. The van der Waals surface area contributed by atoms with Gasteiger partial charge in [-0.1, -0.05) is 48.0 Å². The first-order chi connectivity index (χ1) is 9.54. The van der Waals surface area contributed by atoms with Crippen molar-refractivity contribution in [2.45, 2.75) is 32.8 Å². The van der Waals surface area contributed by atoms with Crippen LogP contribution in [0.4, 0.5) is 0 Å². The molecule has 0 aromatic heterocycles. The second kappa shape index (κ2) is 6.21. The van der Waals surface area contributed by atoms with Crippen LogP contribution in [0.3, 0.4) is 0 Å². The van der Waals surface area contributed by atoms with Gasteiger partial charge in [-0.25, -0.2) is 0 Å². The summed E-state index contributed by atoms with van der Waals surface area (Å²) in [7, 11) is 0. The highest BCUT2D eigenvalue weighted by atomic mass is 16.3. The Bertz CT molecular complexity index is 554. The Morgan fingerprint density at radius 1 is 1.00 bits per heavy atom. The van der Waals surface area contributed by atoms with Crippen LogP contribution in [-0.4, -0.2) is 11.7 Å². The van der Waals surface area contributed by atoms with E-state index < -0.39 is 6.10 Å². The molecule has 0 saturated heterocycles. The molecule has 3 N–H and O–H groups in total. The lowest BCUT2D eigenvalue weighted by Gasteiger charge is -2.25. The summed E-state index contributed by atoms with van der Waals surface area (Å²) in [6.45, 7) is 6.61. The first-order valence-corrected chi connectivity index (χ1v) is 7.05. The monoisotopic (exact) mass is 269 g/mol. The molecule has 0 amide bonds. The summed E-state index contributed by atoms with van der Waals surface area (Å²) in [6.07, 6.45) is -0.567. The van der Waals surface area contributed by atoms with Crippen LogP contribution < -0.4 is 5.73 Å². The van der Waals surface area contributed by atoms with Crippen molar-refractivity contribution in [2.24, 2.45) is 5.73 Å². The van der Waals surface area contributed by atoms with Gasteiger partial charge in [0, 0.05) is 12.5 Å². The average molecular weight is 269 g/mol. The molecular weight excluding hydrogens is 246 g/mol. The zero-order valence-electron chi connectivity index (χ0n) is 12.4. The van der Waals surface area contributed by atoms with Crippen LogP contribution in [0.15, 0.2) is 42.5 Å². The van der Waals surface area contributed by atoms with Crippen LogP contribution in [0.5, 0.6) is 0 Å². The molecule has 0 aliphatic carbocycles. The topological polar surface area (TPSA) is 46.2 Å². The second-order valence-corrected chi connectivity index (χ2v) is 5.51. The molecular formula is C18H23NO. The first-order valence-electron chi connectivity index (χ1n) is 7.05. The number of aliphatic hydroxyl groups excluding tert-OH is 1. The van der Waals surface area contributed by atoms with Crippen LogP contribution in [0, 0.1) is 20.8 Å². The number of benzene rings is 2. The fourth-order valence-electron chi connectivity index (χ4n) is 3.01. The quantitative estimate of drug-likeness (QED) is 0.893. The predicted molar refractivity (Wildman–Crippen MR) is 83.9 cm³/mol. The van der Waals surface area contributed by atoms with Gasteiger partial charge in [-0.05, 0) is 43.0 Å². The third kappa shape index (κ3) is 2.92. The van der Waals surface area contributed by atoms with Crippen LogP contribution in [0.2, 0.25) is 0 Å². The zero-order valence-corrected chi connectivity index (χ0v) is 12.4. The van der Waals surface area contributed by atoms with Gasteiger partial charge in [-0.15, -0.1) is 0 Å². The van der Waals surface area contributed by atoms with E-state index in [4.69, 9.17) is 5.73 Å². The fraction of sp³-hybridized carbons (Fsp3) is 0.333. The zero-order chi connectivity index (χ0) is 14.7. The Balaban J connectivity index is 2.42. The number of nitrogens with two attached hydrogens (primary N) is 1. The van der Waals surface area contributed by atoms with E-state index in [1.165, 1.54) is 5.56 Å². The molecule has 20 heavy (non-hydrogen) atoms. The number of rotatable bonds is 4. The van der Waals surface area contributed by atoms with E-state index in [0.717, 1.165) is 22.3 Å². The van der Waals surface area contributed by atoms with E-state index in [1.54, 1.807) is 0 Å². The van der Waals surface area contributed by atoms with E-state index in [2.05, 4.69) is 32.9 Å². The lowest BCUT2D eigenvalue weighted by molar-refractivity contribution is 0.146. The average Bonchev–Trinajstić information content (AvgIpc) is 2.39. The van der Waals surface area contributed by atoms with E-state index in [1.807, 2.05) is 30.3 Å². The molecule has 2 rings (SSSR count). The SMILES string of the molecule is Cc1cc(C)c(C(O)C(CN)c2ccccc2)c(C)c1. The van der Waals surface area contributed by atoms with Crippen molar-refractivity contribution < 1.29 is 5.11 Å². The molecule has 2 atom stereocenters. The summed E-state index contributed by atoms with van der Waals surface area (Å²) in [4.78, 5) is 0. The van der Waals surface area contributed by atoms with E-state index >= 15 is 0 Å². The van der Waals surface area contributed by atoms with Crippen molar-refractivity contribution in [3.05, 3.63) is 70.3 Å². The summed E-state index contributed by atoms with van der Waals surface area (Å²) in [5.74, 6) is -0.0729. The summed E-state index contributed by atoms with van der Waals surface area (Å²) in [5, 5.41) is 10.8. The lowest BCUT2D eigenvalue weighted by Crippen LogP contribution is -2.21. The normalized spacial score (nSPS) is 14.1. The number of aliphatic hydroxyl groups is 1. The number of hydrogen-bond acceptors (Lipinski definition) is 2. The van der Waals surface area contributed by atoms with Gasteiger partial charge in [0.05, 0.1) is 6.10 Å². The van der Waals surface area contributed by atoms with Gasteiger partial charge in [0.15, 0.2) is 0 Å². The maximum atomic E-state index is 10.8. The minimum absolute atomic E-state index is 0.0729. The maximum Gasteiger partial charge on any atom is 0.0875 e. The third-order valence-electron chi connectivity index (χ3n) is 3.90. The van der Waals surface area contributed by atoms with Gasteiger partial charge in [0.25, 0.3) is 0 Å². The molecule has 0 aliphatic heterocycles. The molecule has 0 bridgehead atoms. The van der Waals surface area contributed by atoms with Crippen LogP contribution in [0.25, 0.3) is 0 Å². The Hall–Kier alpha value is -1.64. The predicted octanol–water partition coefficient (Wildman–Crippen LogP) is 3.39. The van der Waals surface area contributed by atoms with Gasteiger partial charge in [0.1, 0.15) is 0 Å². The number of hydrogen-bond donors (Lipinski definition) is 2. The summed E-state index contributed by atoms with van der Waals surface area (Å²) in [5.41, 5.74) is 11.5. The largest absolute Gasteiger partial charge is 0.388 e. The summed E-state index contributed by atoms with van der Waals surface area (Å²) < 4.78 is 0. The van der Waals surface area contributed by atoms with Gasteiger partial charge in [0.2, 0.25) is 0 Å². The minimum Gasteiger partial charge on any atom is -0.388 e. The van der Waals surface area contributed by atoms with Gasteiger partial charge in [-0.2, -0.15) is 0 Å². The second-order valence-electron chi connectivity index (χ2n) is 5.51. The van der Waals surface area contributed by atoms with Crippen molar-refractivity contribution in [1.82, 2.24) is 0 Å². The summed E-state index contributed by atoms with van der Waals surface area (Å²) >= 11 is 0. The molecule has 2 aromatic carbocycles. The third-order valence-corrected chi connectivity index (χ3v) is 3.90. The highest BCUT2D eigenvalue weighted by molar-refractivity contribution is 5.41. The van der Waals surface area contributed by atoms with Crippen LogP contribution in [-0.2, 0) is 0 Å².